The third-order valence-electron chi connectivity index (χ3n) is 6.47. The van der Waals surface area contributed by atoms with Crippen molar-refractivity contribution in [1.82, 2.24) is 5.32 Å². The number of anilines is 1. The zero-order valence-corrected chi connectivity index (χ0v) is 20.0. The summed E-state index contributed by atoms with van der Waals surface area (Å²) in [5, 5.41) is 26.5. The molecule has 1 atom stereocenters. The Labute approximate surface area is 207 Å². The third-order valence-corrected chi connectivity index (χ3v) is 6.47. The molecular formula is C29H34N2O4. The van der Waals surface area contributed by atoms with E-state index < -0.39 is 12.1 Å². The lowest BCUT2D eigenvalue weighted by atomic mass is 9.94. The van der Waals surface area contributed by atoms with Crippen molar-refractivity contribution < 1.29 is 19.7 Å². The number of nitrogens with one attached hydrogen (secondary N) is 2. The Morgan fingerprint density at radius 2 is 1.66 bits per heavy atom. The van der Waals surface area contributed by atoms with Gasteiger partial charge in [-0.1, -0.05) is 67.8 Å². The molecule has 1 aliphatic carbocycles. The van der Waals surface area contributed by atoms with Crippen molar-refractivity contribution >= 4 is 11.7 Å². The number of hydrogen-bond donors (Lipinski definition) is 4. The molecule has 0 amide bonds. The van der Waals surface area contributed by atoms with Crippen molar-refractivity contribution in [2.75, 3.05) is 25.0 Å². The quantitative estimate of drug-likeness (QED) is 0.275. The van der Waals surface area contributed by atoms with Crippen LogP contribution in [0.1, 0.15) is 54.1 Å². The molecule has 35 heavy (non-hydrogen) atoms. The lowest BCUT2D eigenvalue weighted by Crippen LogP contribution is -2.26. The Morgan fingerprint density at radius 1 is 0.943 bits per heavy atom. The first kappa shape index (κ1) is 24.8. The van der Waals surface area contributed by atoms with Gasteiger partial charge in [0.25, 0.3) is 0 Å². The van der Waals surface area contributed by atoms with E-state index >= 15 is 0 Å². The molecule has 0 aromatic heterocycles. The number of benzene rings is 3. The van der Waals surface area contributed by atoms with Crippen LogP contribution in [0.25, 0.3) is 11.1 Å². The van der Waals surface area contributed by atoms with Crippen molar-refractivity contribution in [3.63, 3.8) is 0 Å². The van der Waals surface area contributed by atoms with Crippen LogP contribution in [0.2, 0.25) is 0 Å². The van der Waals surface area contributed by atoms with Gasteiger partial charge in [-0.15, -0.1) is 0 Å². The highest BCUT2D eigenvalue weighted by Crippen LogP contribution is 2.30. The van der Waals surface area contributed by atoms with Gasteiger partial charge in [-0.05, 0) is 53.8 Å². The number of carboxylic acid groups (broad SMARTS) is 1. The minimum atomic E-state index is -0.913. The average Bonchev–Trinajstić information content (AvgIpc) is 2.89. The Morgan fingerprint density at radius 3 is 2.37 bits per heavy atom. The second-order valence-corrected chi connectivity index (χ2v) is 9.05. The van der Waals surface area contributed by atoms with E-state index in [4.69, 9.17) is 4.74 Å². The summed E-state index contributed by atoms with van der Waals surface area (Å²) in [6, 6.07) is 23.2. The number of carboxylic acids is 1. The van der Waals surface area contributed by atoms with Gasteiger partial charge in [0, 0.05) is 24.8 Å². The van der Waals surface area contributed by atoms with E-state index in [9.17, 15) is 15.0 Å². The second-order valence-electron chi connectivity index (χ2n) is 9.05. The summed E-state index contributed by atoms with van der Waals surface area (Å²) in [7, 11) is 0. The fraction of sp³-hybridized carbons (Fsp3) is 0.345. The fourth-order valence-corrected chi connectivity index (χ4v) is 4.51. The summed E-state index contributed by atoms with van der Waals surface area (Å²) >= 11 is 0. The highest BCUT2D eigenvalue weighted by Gasteiger charge is 2.17. The average molecular weight is 475 g/mol. The molecule has 0 bridgehead atoms. The molecule has 0 heterocycles. The Bertz CT molecular complexity index is 1080. The Balaban J connectivity index is 1.30. The largest absolute Gasteiger partial charge is 0.492 e. The number of aliphatic hydroxyl groups excluding tert-OH is 1. The predicted octanol–water partition coefficient (Wildman–Crippen LogP) is 5.50. The van der Waals surface area contributed by atoms with Crippen LogP contribution in [0.15, 0.2) is 72.8 Å². The fourth-order valence-electron chi connectivity index (χ4n) is 4.51. The molecule has 4 N–H and O–H groups in total. The third kappa shape index (κ3) is 7.07. The van der Waals surface area contributed by atoms with Crippen molar-refractivity contribution in [2.45, 2.75) is 44.2 Å². The summed E-state index contributed by atoms with van der Waals surface area (Å²) in [6.45, 7) is 1.58. The van der Waals surface area contributed by atoms with Crippen molar-refractivity contribution in [3.8, 4) is 16.9 Å². The maximum absolute atomic E-state index is 11.7. The highest BCUT2D eigenvalue weighted by atomic mass is 16.5. The summed E-state index contributed by atoms with van der Waals surface area (Å²) in [6.07, 6.45) is 5.24. The standard InChI is InChI=1S/C29H34N2O4/c32-28(22-7-3-1-4-8-22)20-30-17-18-35-25-14-11-21(12-15-25)23-13-16-26(29(33)34)27(19-23)31-24-9-5-2-6-10-24/h1,3-4,7-8,11-16,19,24,28,30-32H,2,5-6,9-10,17-18,20H2,(H,33,34)/t28-/m1/s1. The van der Waals surface area contributed by atoms with Gasteiger partial charge in [0.05, 0.1) is 11.7 Å². The highest BCUT2D eigenvalue weighted by molar-refractivity contribution is 5.95. The molecule has 1 fully saturated rings. The van der Waals surface area contributed by atoms with E-state index in [0.29, 0.717) is 37.0 Å². The zero-order valence-electron chi connectivity index (χ0n) is 20.0. The van der Waals surface area contributed by atoms with Gasteiger partial charge in [-0.3, -0.25) is 0 Å². The lowest BCUT2D eigenvalue weighted by molar-refractivity contribution is 0.0698. The van der Waals surface area contributed by atoms with Gasteiger partial charge in [0.2, 0.25) is 0 Å². The molecule has 6 nitrogen and oxygen atoms in total. The van der Waals surface area contributed by atoms with E-state index in [1.54, 1.807) is 6.07 Å². The Hall–Kier alpha value is -3.35. The maximum atomic E-state index is 11.7. The number of carbonyl (C=O) groups is 1. The molecule has 0 radical (unpaired) electrons. The van der Waals surface area contributed by atoms with Crippen LogP contribution in [0, 0.1) is 0 Å². The van der Waals surface area contributed by atoms with Crippen LogP contribution >= 0.6 is 0 Å². The van der Waals surface area contributed by atoms with E-state index in [1.165, 1.54) is 19.3 Å². The van der Waals surface area contributed by atoms with Gasteiger partial charge in [-0.25, -0.2) is 4.79 Å². The number of aromatic carboxylic acids is 1. The van der Waals surface area contributed by atoms with E-state index in [2.05, 4.69) is 10.6 Å². The SMILES string of the molecule is O=C(O)c1ccc(-c2ccc(OCCNC[C@@H](O)c3ccccc3)cc2)cc1NC1CCCCC1. The first-order valence-electron chi connectivity index (χ1n) is 12.4. The first-order valence-corrected chi connectivity index (χ1v) is 12.4. The van der Waals surface area contributed by atoms with Crippen LogP contribution in [0.3, 0.4) is 0 Å². The monoisotopic (exact) mass is 474 g/mol. The molecule has 0 saturated heterocycles. The van der Waals surface area contributed by atoms with Crippen LogP contribution < -0.4 is 15.4 Å². The van der Waals surface area contributed by atoms with Crippen molar-refractivity contribution in [3.05, 3.63) is 83.9 Å². The zero-order chi connectivity index (χ0) is 24.5. The minimum absolute atomic E-state index is 0.309. The maximum Gasteiger partial charge on any atom is 0.337 e. The number of rotatable bonds is 11. The molecule has 1 aliphatic rings. The molecule has 0 unspecified atom stereocenters. The molecule has 3 aromatic rings. The van der Waals surface area contributed by atoms with Crippen LogP contribution in [0.5, 0.6) is 5.75 Å². The molecule has 3 aromatic carbocycles. The molecule has 0 aliphatic heterocycles. The summed E-state index contributed by atoms with van der Waals surface area (Å²) in [5.41, 5.74) is 3.86. The van der Waals surface area contributed by atoms with Gasteiger partial charge in [-0.2, -0.15) is 0 Å². The van der Waals surface area contributed by atoms with Gasteiger partial charge in [0.15, 0.2) is 0 Å². The molecular weight excluding hydrogens is 440 g/mol. The van der Waals surface area contributed by atoms with Crippen molar-refractivity contribution in [2.24, 2.45) is 0 Å². The van der Waals surface area contributed by atoms with Crippen LogP contribution in [0.4, 0.5) is 5.69 Å². The molecule has 6 heteroatoms. The molecule has 0 spiro atoms. The normalized spacial score (nSPS) is 14.9. The second kappa shape index (κ2) is 12.4. The van der Waals surface area contributed by atoms with Crippen LogP contribution in [-0.2, 0) is 0 Å². The summed E-state index contributed by atoms with van der Waals surface area (Å²) < 4.78 is 5.83. The van der Waals surface area contributed by atoms with E-state index in [-0.39, 0.29) is 0 Å². The molecule has 1 saturated carbocycles. The number of ether oxygens (including phenoxy) is 1. The van der Waals surface area contributed by atoms with Gasteiger partial charge in [0.1, 0.15) is 12.4 Å². The predicted molar refractivity (Wildman–Crippen MR) is 139 cm³/mol. The number of aliphatic hydroxyl groups is 1. The minimum Gasteiger partial charge on any atom is -0.492 e. The Kier molecular flexibility index (Phi) is 8.76. The van der Waals surface area contributed by atoms with Crippen molar-refractivity contribution in [1.29, 1.82) is 0 Å². The van der Waals surface area contributed by atoms with E-state index in [0.717, 1.165) is 35.3 Å². The van der Waals surface area contributed by atoms with Crippen LogP contribution in [-0.4, -0.2) is 41.9 Å². The van der Waals surface area contributed by atoms with E-state index in [1.807, 2.05) is 66.7 Å². The lowest BCUT2D eigenvalue weighted by Gasteiger charge is -2.25. The van der Waals surface area contributed by atoms with Gasteiger partial charge < -0.3 is 25.6 Å². The summed E-state index contributed by atoms with van der Waals surface area (Å²) in [5.74, 6) is -0.148. The first-order chi connectivity index (χ1) is 17.1. The van der Waals surface area contributed by atoms with Gasteiger partial charge >= 0.3 is 5.97 Å². The number of hydrogen-bond acceptors (Lipinski definition) is 5. The smallest absolute Gasteiger partial charge is 0.337 e. The summed E-state index contributed by atoms with van der Waals surface area (Å²) in [4.78, 5) is 11.7. The molecule has 184 valence electrons. The topological polar surface area (TPSA) is 90.8 Å². The molecule has 4 rings (SSSR count).